The normalized spacial score (nSPS) is 11.7. The molecule has 1 aromatic heterocycles. The largest absolute Gasteiger partial charge is 0.496 e. The van der Waals surface area contributed by atoms with E-state index in [1.807, 2.05) is 40.8 Å². The fourth-order valence-electron chi connectivity index (χ4n) is 3.05. The number of benzene rings is 2. The summed E-state index contributed by atoms with van der Waals surface area (Å²) in [6.45, 7) is 0. The van der Waals surface area contributed by atoms with Gasteiger partial charge in [-0.25, -0.2) is 4.98 Å². The first-order chi connectivity index (χ1) is 12.7. The maximum absolute atomic E-state index is 6.03. The highest BCUT2D eigenvalue weighted by Crippen LogP contribution is 2.41. The summed E-state index contributed by atoms with van der Waals surface area (Å²) in [4.78, 5) is 5.60. The number of hydrogen-bond donors (Lipinski definition) is 0. The van der Waals surface area contributed by atoms with Crippen LogP contribution in [-0.2, 0) is 0 Å². The van der Waals surface area contributed by atoms with Crippen LogP contribution in [0.3, 0.4) is 0 Å². The highest BCUT2D eigenvalue weighted by molar-refractivity contribution is 9.10. The molecule has 5 nitrogen and oxygen atoms in total. The maximum atomic E-state index is 6.03. The second kappa shape index (κ2) is 5.90. The van der Waals surface area contributed by atoms with Crippen LogP contribution in [0.4, 0.5) is 0 Å². The van der Waals surface area contributed by atoms with E-state index in [2.05, 4.69) is 31.5 Å². The van der Waals surface area contributed by atoms with Crippen molar-refractivity contribution in [1.82, 2.24) is 19.6 Å². The Bertz CT molecular complexity index is 1250. The fourth-order valence-corrected chi connectivity index (χ4v) is 4.70. The van der Waals surface area contributed by atoms with Crippen LogP contribution in [-0.4, -0.2) is 26.7 Å². The van der Waals surface area contributed by atoms with E-state index in [1.54, 1.807) is 7.11 Å². The highest BCUT2D eigenvalue weighted by atomic mass is 79.9. The Balaban J connectivity index is 1.85. The predicted molar refractivity (Wildman–Crippen MR) is 107 cm³/mol. The molecule has 0 fully saturated rings. The van der Waals surface area contributed by atoms with Crippen molar-refractivity contribution in [1.29, 1.82) is 0 Å². The summed E-state index contributed by atoms with van der Waals surface area (Å²) in [5.41, 5.74) is 3.63. The van der Waals surface area contributed by atoms with Gasteiger partial charge in [-0.05, 0) is 45.8 Å². The molecule has 0 radical (unpaired) electrons. The average molecular weight is 446 g/mol. The summed E-state index contributed by atoms with van der Waals surface area (Å²) in [5, 5.41) is 12.5. The molecule has 3 aromatic rings. The Kier molecular flexibility index (Phi) is 3.63. The summed E-state index contributed by atoms with van der Waals surface area (Å²) in [7, 11) is 1.64. The van der Waals surface area contributed by atoms with E-state index >= 15 is 0 Å². The van der Waals surface area contributed by atoms with E-state index < -0.39 is 0 Å². The molecule has 0 bridgehead atoms. The number of rotatable bonds is 2. The molecule has 8 heteroatoms. The zero-order valence-electron chi connectivity index (χ0n) is 13.4. The van der Waals surface area contributed by atoms with Crippen LogP contribution in [0.25, 0.3) is 38.6 Å². The van der Waals surface area contributed by atoms with Gasteiger partial charge >= 0.3 is 0 Å². The van der Waals surface area contributed by atoms with Gasteiger partial charge in [0.25, 0.3) is 0 Å². The van der Waals surface area contributed by atoms with Crippen molar-refractivity contribution in [3.63, 3.8) is 0 Å². The molecule has 0 aliphatic carbocycles. The van der Waals surface area contributed by atoms with Gasteiger partial charge in [0.1, 0.15) is 11.4 Å². The van der Waals surface area contributed by atoms with Crippen molar-refractivity contribution in [2.75, 3.05) is 7.11 Å². The summed E-state index contributed by atoms with van der Waals surface area (Å²) in [6, 6.07) is 11.6. The number of methoxy groups -OCH3 is 1. The average Bonchev–Trinajstić information content (AvgIpc) is 3.24. The molecule has 0 amide bonds. The molecule has 0 spiro atoms. The third-order valence-corrected chi connectivity index (χ3v) is 6.13. The van der Waals surface area contributed by atoms with Crippen LogP contribution >= 0.6 is 38.9 Å². The number of ether oxygens (including phenoxy) is 1. The van der Waals surface area contributed by atoms with Crippen LogP contribution in [0.2, 0.25) is 5.02 Å². The molecule has 0 saturated carbocycles. The first-order valence-electron chi connectivity index (χ1n) is 7.72. The lowest BCUT2D eigenvalue weighted by atomic mass is 10.1. The lowest BCUT2D eigenvalue weighted by molar-refractivity contribution is 0.413. The summed E-state index contributed by atoms with van der Waals surface area (Å²) in [6.07, 6.45) is 0. The quantitative estimate of drug-likeness (QED) is 0.358. The van der Waals surface area contributed by atoms with Gasteiger partial charge in [0.2, 0.25) is 4.96 Å². The van der Waals surface area contributed by atoms with Crippen LogP contribution in [0, 0.1) is 0 Å². The standard InChI is InChI=1S/C18H10BrClN4OS/c1-25-13-7-6-11-14(15(13)19)16-17(21-11)24-12(8-26-18(24)23-22-16)9-2-4-10(20)5-3-9/h2-8H,1H3. The van der Waals surface area contributed by atoms with Gasteiger partial charge in [-0.2, -0.15) is 0 Å². The zero-order valence-corrected chi connectivity index (χ0v) is 16.6. The maximum Gasteiger partial charge on any atom is 0.216 e. The molecule has 5 rings (SSSR count). The molecule has 26 heavy (non-hydrogen) atoms. The third kappa shape index (κ3) is 2.24. The van der Waals surface area contributed by atoms with Crippen molar-refractivity contribution < 1.29 is 4.74 Å². The van der Waals surface area contributed by atoms with E-state index in [0.717, 1.165) is 48.9 Å². The summed E-state index contributed by atoms with van der Waals surface area (Å²) in [5.74, 6) is 1.51. The second-order valence-electron chi connectivity index (χ2n) is 5.71. The molecule has 128 valence electrons. The lowest BCUT2D eigenvalue weighted by Gasteiger charge is -2.07. The molecule has 2 aromatic carbocycles. The van der Waals surface area contributed by atoms with Gasteiger partial charge in [-0.1, -0.05) is 23.7 Å². The molecular formula is C18H10BrClN4OS. The van der Waals surface area contributed by atoms with E-state index in [9.17, 15) is 0 Å². The van der Waals surface area contributed by atoms with Gasteiger partial charge in [-0.3, -0.25) is 4.40 Å². The molecule has 0 N–H and O–H groups in total. The van der Waals surface area contributed by atoms with Crippen LogP contribution < -0.4 is 4.74 Å². The Morgan fingerprint density at radius 1 is 1.12 bits per heavy atom. The smallest absolute Gasteiger partial charge is 0.216 e. The number of hydrogen-bond acceptors (Lipinski definition) is 5. The van der Waals surface area contributed by atoms with Gasteiger partial charge in [0.05, 0.1) is 22.8 Å². The van der Waals surface area contributed by atoms with E-state index in [0.29, 0.717) is 5.02 Å². The van der Waals surface area contributed by atoms with Gasteiger partial charge in [0.15, 0.2) is 5.82 Å². The van der Waals surface area contributed by atoms with E-state index in [1.165, 1.54) is 11.3 Å². The minimum absolute atomic E-state index is 0.705. The van der Waals surface area contributed by atoms with Crippen molar-refractivity contribution in [3.05, 3.63) is 51.3 Å². The molecule has 2 aliphatic rings. The number of thiazole rings is 1. The Morgan fingerprint density at radius 3 is 2.69 bits per heavy atom. The number of fused-ring (bicyclic) bond motifs is 5. The number of nitrogens with zero attached hydrogens (tertiary/aromatic N) is 4. The minimum Gasteiger partial charge on any atom is -0.496 e. The Hall–Kier alpha value is -2.22. The SMILES string of the molecule is COc1ccc2nc3n4c(-c5ccc(Cl)cc5)csc4nnc-3c2c1Br. The molecule has 3 heterocycles. The molecule has 0 atom stereocenters. The van der Waals surface area contributed by atoms with Crippen LogP contribution in [0.15, 0.2) is 46.3 Å². The highest BCUT2D eigenvalue weighted by Gasteiger charge is 2.23. The Morgan fingerprint density at radius 2 is 1.92 bits per heavy atom. The third-order valence-electron chi connectivity index (χ3n) is 4.27. The topological polar surface area (TPSA) is 52.3 Å². The lowest BCUT2D eigenvalue weighted by Crippen LogP contribution is -2.00. The second-order valence-corrected chi connectivity index (χ2v) is 7.77. The van der Waals surface area contributed by atoms with Crippen molar-refractivity contribution >= 4 is 54.7 Å². The summed E-state index contributed by atoms with van der Waals surface area (Å²) >= 11 is 11.2. The van der Waals surface area contributed by atoms with Gasteiger partial charge in [0, 0.05) is 15.8 Å². The molecule has 2 aliphatic heterocycles. The first-order valence-corrected chi connectivity index (χ1v) is 9.77. The number of aromatic nitrogens is 4. The van der Waals surface area contributed by atoms with E-state index in [-0.39, 0.29) is 0 Å². The van der Waals surface area contributed by atoms with Crippen LogP contribution in [0.5, 0.6) is 5.75 Å². The first kappa shape index (κ1) is 16.0. The van der Waals surface area contributed by atoms with Gasteiger partial charge in [-0.15, -0.1) is 21.5 Å². The molecule has 0 unspecified atom stereocenters. The van der Waals surface area contributed by atoms with Crippen LogP contribution in [0.1, 0.15) is 0 Å². The number of halogens is 2. The Labute approximate surface area is 165 Å². The monoisotopic (exact) mass is 444 g/mol. The molecule has 0 saturated heterocycles. The van der Waals surface area contributed by atoms with E-state index in [4.69, 9.17) is 21.3 Å². The molecular weight excluding hydrogens is 436 g/mol. The van der Waals surface area contributed by atoms with Crippen molar-refractivity contribution in [2.45, 2.75) is 0 Å². The minimum atomic E-state index is 0.705. The fraction of sp³-hybridized carbons (Fsp3) is 0.0556. The summed E-state index contributed by atoms with van der Waals surface area (Å²) < 4.78 is 8.28. The van der Waals surface area contributed by atoms with Crippen molar-refractivity contribution in [3.8, 4) is 28.5 Å². The van der Waals surface area contributed by atoms with Gasteiger partial charge < -0.3 is 4.74 Å². The predicted octanol–water partition coefficient (Wildman–Crippen LogP) is 5.54. The zero-order chi connectivity index (χ0) is 17.8. The van der Waals surface area contributed by atoms with Crippen molar-refractivity contribution in [2.24, 2.45) is 0 Å².